The standard InChI is InChI=1S/C12H16O3/c1-4-15-9-5-8-6(2)7(3)10(9)12(14)11(8)13/h8-10H,4-5H2,1-3H3/t8-,9+,10-/m1/s1. The van der Waals surface area contributed by atoms with Crippen molar-refractivity contribution in [3.63, 3.8) is 0 Å². The summed E-state index contributed by atoms with van der Waals surface area (Å²) in [5.74, 6) is -0.964. The van der Waals surface area contributed by atoms with Crippen molar-refractivity contribution in [2.75, 3.05) is 6.61 Å². The minimum Gasteiger partial charge on any atom is -0.377 e. The Kier molecular flexibility index (Phi) is 2.51. The van der Waals surface area contributed by atoms with Crippen LogP contribution in [0.2, 0.25) is 0 Å². The zero-order valence-electron chi connectivity index (χ0n) is 9.37. The van der Waals surface area contributed by atoms with Gasteiger partial charge in [-0.2, -0.15) is 0 Å². The van der Waals surface area contributed by atoms with E-state index in [2.05, 4.69) is 0 Å². The molecule has 2 bridgehead atoms. The lowest BCUT2D eigenvalue weighted by Crippen LogP contribution is -2.50. The molecule has 0 aromatic heterocycles. The van der Waals surface area contributed by atoms with E-state index in [1.54, 1.807) is 0 Å². The minimum atomic E-state index is -0.303. The van der Waals surface area contributed by atoms with Gasteiger partial charge in [-0.25, -0.2) is 0 Å². The summed E-state index contributed by atoms with van der Waals surface area (Å²) in [6.45, 7) is 6.42. The van der Waals surface area contributed by atoms with Crippen molar-refractivity contribution in [3.8, 4) is 0 Å². The van der Waals surface area contributed by atoms with E-state index in [4.69, 9.17) is 4.74 Å². The van der Waals surface area contributed by atoms with Crippen molar-refractivity contribution < 1.29 is 14.3 Å². The second-order valence-electron chi connectivity index (χ2n) is 4.35. The van der Waals surface area contributed by atoms with Gasteiger partial charge in [0.15, 0.2) is 0 Å². The summed E-state index contributed by atoms with van der Waals surface area (Å²) in [4.78, 5) is 23.4. The number of rotatable bonds is 2. The molecule has 3 aliphatic carbocycles. The molecule has 3 nitrogen and oxygen atoms in total. The first-order valence-electron chi connectivity index (χ1n) is 5.44. The fourth-order valence-electron chi connectivity index (χ4n) is 2.72. The molecule has 3 atom stereocenters. The molecule has 1 saturated carbocycles. The molecule has 3 aliphatic rings. The fourth-order valence-corrected chi connectivity index (χ4v) is 2.72. The molecule has 0 heterocycles. The van der Waals surface area contributed by atoms with Crippen LogP contribution in [0.15, 0.2) is 11.1 Å². The topological polar surface area (TPSA) is 43.4 Å². The van der Waals surface area contributed by atoms with Crippen LogP contribution < -0.4 is 0 Å². The number of Topliss-reactive ketones (excluding diaryl/α,β-unsaturated/α-hetero) is 2. The van der Waals surface area contributed by atoms with Gasteiger partial charge in [0.2, 0.25) is 11.6 Å². The number of hydrogen-bond acceptors (Lipinski definition) is 3. The summed E-state index contributed by atoms with van der Waals surface area (Å²) < 4.78 is 5.55. The largest absolute Gasteiger partial charge is 0.377 e. The van der Waals surface area contributed by atoms with Gasteiger partial charge in [-0.1, -0.05) is 11.1 Å². The first-order valence-corrected chi connectivity index (χ1v) is 5.44. The van der Waals surface area contributed by atoms with Crippen LogP contribution in [-0.2, 0) is 14.3 Å². The van der Waals surface area contributed by atoms with Crippen LogP contribution in [0.5, 0.6) is 0 Å². The molecule has 0 amide bonds. The monoisotopic (exact) mass is 208 g/mol. The van der Waals surface area contributed by atoms with Gasteiger partial charge in [0.25, 0.3) is 0 Å². The predicted molar refractivity (Wildman–Crippen MR) is 55.4 cm³/mol. The van der Waals surface area contributed by atoms with Gasteiger partial charge >= 0.3 is 0 Å². The van der Waals surface area contributed by atoms with E-state index in [1.807, 2.05) is 20.8 Å². The smallest absolute Gasteiger partial charge is 0.208 e. The van der Waals surface area contributed by atoms with Gasteiger partial charge in [0.05, 0.1) is 12.0 Å². The van der Waals surface area contributed by atoms with E-state index in [1.165, 1.54) is 0 Å². The molecule has 0 unspecified atom stereocenters. The molecule has 0 radical (unpaired) electrons. The van der Waals surface area contributed by atoms with Crippen LogP contribution >= 0.6 is 0 Å². The van der Waals surface area contributed by atoms with Gasteiger partial charge in [0.1, 0.15) is 0 Å². The zero-order chi connectivity index (χ0) is 11.2. The highest BCUT2D eigenvalue weighted by Gasteiger charge is 2.49. The van der Waals surface area contributed by atoms with Crippen molar-refractivity contribution in [1.82, 2.24) is 0 Å². The van der Waals surface area contributed by atoms with Crippen LogP contribution in [0.3, 0.4) is 0 Å². The third kappa shape index (κ3) is 1.37. The highest BCUT2D eigenvalue weighted by molar-refractivity contribution is 6.41. The Morgan fingerprint density at radius 2 is 1.87 bits per heavy atom. The second-order valence-corrected chi connectivity index (χ2v) is 4.35. The lowest BCUT2D eigenvalue weighted by atomic mass is 9.65. The minimum absolute atomic E-state index is 0.0751. The van der Waals surface area contributed by atoms with E-state index < -0.39 is 0 Å². The third-order valence-corrected chi connectivity index (χ3v) is 3.67. The Morgan fingerprint density at radius 3 is 2.47 bits per heavy atom. The summed E-state index contributed by atoms with van der Waals surface area (Å²) in [6, 6.07) is 0. The normalized spacial score (nSPS) is 35.3. The Morgan fingerprint density at radius 1 is 1.20 bits per heavy atom. The van der Waals surface area contributed by atoms with Crippen LogP contribution in [0.4, 0.5) is 0 Å². The van der Waals surface area contributed by atoms with Crippen LogP contribution in [0.25, 0.3) is 0 Å². The van der Waals surface area contributed by atoms with Crippen molar-refractivity contribution in [2.24, 2.45) is 11.8 Å². The van der Waals surface area contributed by atoms with Crippen molar-refractivity contribution in [1.29, 1.82) is 0 Å². The second kappa shape index (κ2) is 3.56. The van der Waals surface area contributed by atoms with Gasteiger partial charge < -0.3 is 4.74 Å². The lowest BCUT2D eigenvalue weighted by molar-refractivity contribution is -0.149. The Bertz CT molecular complexity index is 354. The number of ketones is 2. The summed E-state index contributed by atoms with van der Waals surface area (Å²) in [5, 5.41) is 0. The maximum absolute atomic E-state index is 11.8. The predicted octanol–water partition coefficient (Wildman–Crippen LogP) is 1.52. The molecule has 82 valence electrons. The molecular weight excluding hydrogens is 192 g/mol. The van der Waals surface area contributed by atoms with Crippen LogP contribution in [0, 0.1) is 11.8 Å². The van der Waals surface area contributed by atoms with E-state index >= 15 is 0 Å². The first kappa shape index (κ1) is 10.6. The summed E-state index contributed by atoms with van der Waals surface area (Å²) >= 11 is 0. The molecule has 3 heteroatoms. The van der Waals surface area contributed by atoms with Gasteiger partial charge in [-0.15, -0.1) is 0 Å². The number of ether oxygens (including phenoxy) is 1. The molecule has 3 rings (SSSR count). The molecule has 0 aromatic rings. The van der Waals surface area contributed by atoms with E-state index in [-0.39, 0.29) is 29.5 Å². The van der Waals surface area contributed by atoms with Gasteiger partial charge in [-0.3, -0.25) is 9.59 Å². The first-order chi connectivity index (χ1) is 7.07. The summed E-state index contributed by atoms with van der Waals surface area (Å²) in [6.07, 6.45) is 0.612. The molecule has 0 aliphatic heterocycles. The maximum atomic E-state index is 11.8. The molecular formula is C12H16O3. The Labute approximate surface area is 89.5 Å². The van der Waals surface area contributed by atoms with E-state index in [9.17, 15) is 9.59 Å². The average molecular weight is 208 g/mol. The zero-order valence-corrected chi connectivity index (χ0v) is 9.37. The summed E-state index contributed by atoms with van der Waals surface area (Å²) in [5.41, 5.74) is 2.13. The van der Waals surface area contributed by atoms with Gasteiger partial charge in [0, 0.05) is 12.5 Å². The lowest BCUT2D eigenvalue weighted by Gasteiger charge is -2.41. The number of allylic oxidation sites excluding steroid dienone is 1. The molecule has 0 spiro atoms. The average Bonchev–Trinajstić information content (AvgIpc) is 2.20. The van der Waals surface area contributed by atoms with E-state index in [0.717, 1.165) is 11.1 Å². The summed E-state index contributed by atoms with van der Waals surface area (Å²) in [7, 11) is 0. The Balaban J connectivity index is 2.39. The number of carbonyl (C=O) groups is 2. The molecule has 1 fully saturated rings. The molecule has 15 heavy (non-hydrogen) atoms. The highest BCUT2D eigenvalue weighted by atomic mass is 16.5. The van der Waals surface area contributed by atoms with E-state index in [0.29, 0.717) is 13.0 Å². The quantitative estimate of drug-likeness (QED) is 0.510. The third-order valence-electron chi connectivity index (χ3n) is 3.67. The number of carbonyl (C=O) groups excluding carboxylic acids is 2. The van der Waals surface area contributed by atoms with Gasteiger partial charge in [-0.05, 0) is 27.2 Å². The van der Waals surface area contributed by atoms with Crippen molar-refractivity contribution in [3.05, 3.63) is 11.1 Å². The molecule has 0 aromatic carbocycles. The fraction of sp³-hybridized carbons (Fsp3) is 0.667. The Hall–Kier alpha value is -0.960. The van der Waals surface area contributed by atoms with Crippen molar-refractivity contribution >= 4 is 11.6 Å². The maximum Gasteiger partial charge on any atom is 0.208 e. The number of fused-ring (bicyclic) bond motifs is 2. The SMILES string of the molecule is CCO[C@H]1C[C@H]2C(=O)C(=O)[C@@H]1C(C)=C2C. The molecule has 0 saturated heterocycles. The molecule has 0 N–H and O–H groups in total. The van der Waals surface area contributed by atoms with Crippen molar-refractivity contribution in [2.45, 2.75) is 33.3 Å². The van der Waals surface area contributed by atoms with Crippen LogP contribution in [-0.4, -0.2) is 24.3 Å². The van der Waals surface area contributed by atoms with Crippen LogP contribution in [0.1, 0.15) is 27.2 Å². The number of hydrogen-bond donors (Lipinski definition) is 0. The highest BCUT2D eigenvalue weighted by Crippen LogP contribution is 2.42.